The van der Waals surface area contributed by atoms with Crippen LogP contribution < -0.4 is 15.0 Å². The zero-order chi connectivity index (χ0) is 21.8. The zero-order valence-electron chi connectivity index (χ0n) is 18.4. The van der Waals surface area contributed by atoms with Crippen LogP contribution in [0.1, 0.15) is 12.8 Å². The van der Waals surface area contributed by atoms with Crippen molar-refractivity contribution in [3.63, 3.8) is 0 Å². The molecule has 0 atom stereocenters. The van der Waals surface area contributed by atoms with E-state index < -0.39 is 0 Å². The molecule has 0 radical (unpaired) electrons. The molecule has 1 aliphatic heterocycles. The zero-order valence-corrected chi connectivity index (χ0v) is 18.4. The number of hydrogen-bond donors (Lipinski definition) is 1. The van der Waals surface area contributed by atoms with Gasteiger partial charge < -0.3 is 15.0 Å². The second kappa shape index (κ2) is 9.37. The molecule has 32 heavy (non-hydrogen) atoms. The van der Waals surface area contributed by atoms with Gasteiger partial charge in [0.2, 0.25) is 0 Å². The molecule has 1 fully saturated rings. The van der Waals surface area contributed by atoms with Gasteiger partial charge in [-0.2, -0.15) is 0 Å². The Bertz CT molecular complexity index is 1170. The highest BCUT2D eigenvalue weighted by molar-refractivity contribution is 5.92. The van der Waals surface area contributed by atoms with Crippen molar-refractivity contribution in [3.8, 4) is 16.9 Å². The minimum Gasteiger partial charge on any atom is -0.493 e. The standard InChI is InChI=1S/C27H28N4O/c1-31(23-9-7-22(8-10-23)21-5-3-2-4-6-21)27-25-12-11-24(17-26(25)29-19-30-27)32-18-20-13-15-28-16-14-20/h2-12,17,19-20,28H,13-16,18H2,1H3. The van der Waals surface area contributed by atoms with Gasteiger partial charge in [-0.25, -0.2) is 9.97 Å². The van der Waals surface area contributed by atoms with Crippen molar-refractivity contribution < 1.29 is 4.74 Å². The van der Waals surface area contributed by atoms with Crippen molar-refractivity contribution >= 4 is 22.4 Å². The number of anilines is 2. The molecule has 2 heterocycles. The van der Waals surface area contributed by atoms with E-state index in [-0.39, 0.29) is 0 Å². The Morgan fingerprint density at radius 1 is 0.906 bits per heavy atom. The molecule has 1 aliphatic rings. The van der Waals surface area contributed by atoms with Crippen LogP contribution in [0.5, 0.6) is 5.75 Å². The van der Waals surface area contributed by atoms with E-state index in [0.29, 0.717) is 5.92 Å². The lowest BCUT2D eigenvalue weighted by molar-refractivity contribution is 0.215. The summed E-state index contributed by atoms with van der Waals surface area (Å²) in [5.41, 5.74) is 4.39. The molecule has 0 spiro atoms. The monoisotopic (exact) mass is 424 g/mol. The summed E-state index contributed by atoms with van der Waals surface area (Å²) in [6.07, 6.45) is 3.98. The SMILES string of the molecule is CN(c1ccc(-c2ccccc2)cc1)c1ncnc2cc(OCC3CCNCC3)ccc12. The van der Waals surface area contributed by atoms with E-state index in [1.807, 2.05) is 25.2 Å². The van der Waals surface area contributed by atoms with Gasteiger partial charge >= 0.3 is 0 Å². The van der Waals surface area contributed by atoms with Crippen LogP contribution in [0.15, 0.2) is 79.1 Å². The van der Waals surface area contributed by atoms with Gasteiger partial charge in [-0.15, -0.1) is 0 Å². The number of nitrogens with one attached hydrogen (secondary N) is 1. The summed E-state index contributed by atoms with van der Waals surface area (Å²) in [6.45, 7) is 2.93. The first-order valence-corrected chi connectivity index (χ1v) is 11.3. The Labute approximate surface area is 189 Å². The van der Waals surface area contributed by atoms with Crippen LogP contribution in [0.3, 0.4) is 0 Å². The Morgan fingerprint density at radius 2 is 1.66 bits per heavy atom. The highest BCUT2D eigenvalue weighted by atomic mass is 16.5. The lowest BCUT2D eigenvalue weighted by Crippen LogP contribution is -2.30. The fraction of sp³-hybridized carbons (Fsp3) is 0.259. The van der Waals surface area contributed by atoms with Crippen molar-refractivity contribution in [2.24, 2.45) is 5.92 Å². The van der Waals surface area contributed by atoms with Crippen LogP contribution >= 0.6 is 0 Å². The predicted molar refractivity (Wildman–Crippen MR) is 131 cm³/mol. The molecule has 1 N–H and O–H groups in total. The molecule has 5 heteroatoms. The third-order valence-electron chi connectivity index (χ3n) is 6.21. The highest BCUT2D eigenvalue weighted by Crippen LogP contribution is 2.31. The van der Waals surface area contributed by atoms with E-state index in [9.17, 15) is 0 Å². The molecule has 162 valence electrons. The summed E-state index contributed by atoms with van der Waals surface area (Å²) in [5.74, 6) is 2.38. The van der Waals surface area contributed by atoms with Crippen LogP contribution in [-0.2, 0) is 0 Å². The van der Waals surface area contributed by atoms with E-state index >= 15 is 0 Å². The fourth-order valence-corrected chi connectivity index (χ4v) is 4.27. The second-order valence-electron chi connectivity index (χ2n) is 8.35. The van der Waals surface area contributed by atoms with E-state index in [0.717, 1.165) is 47.9 Å². The van der Waals surface area contributed by atoms with Gasteiger partial charge in [0, 0.05) is 24.2 Å². The molecule has 0 aliphatic carbocycles. The number of aromatic nitrogens is 2. The maximum absolute atomic E-state index is 6.09. The smallest absolute Gasteiger partial charge is 0.144 e. The van der Waals surface area contributed by atoms with Crippen molar-refractivity contribution in [1.82, 2.24) is 15.3 Å². The molecule has 3 aromatic carbocycles. The van der Waals surface area contributed by atoms with E-state index in [4.69, 9.17) is 4.74 Å². The Kier molecular flexibility index (Phi) is 5.99. The Hall–Kier alpha value is -3.44. The van der Waals surface area contributed by atoms with Gasteiger partial charge in [-0.3, -0.25) is 0 Å². The first kappa shape index (κ1) is 20.5. The summed E-state index contributed by atoms with van der Waals surface area (Å²) in [4.78, 5) is 11.2. The molecular weight excluding hydrogens is 396 g/mol. The number of benzene rings is 3. The molecule has 5 rings (SSSR count). The average Bonchev–Trinajstić information content (AvgIpc) is 2.88. The summed E-state index contributed by atoms with van der Waals surface area (Å²) in [7, 11) is 2.04. The van der Waals surface area contributed by atoms with Gasteiger partial charge in [0.1, 0.15) is 17.9 Å². The largest absolute Gasteiger partial charge is 0.493 e. The summed E-state index contributed by atoms with van der Waals surface area (Å²) < 4.78 is 6.09. The van der Waals surface area contributed by atoms with Crippen molar-refractivity contribution in [1.29, 1.82) is 0 Å². The summed E-state index contributed by atoms with van der Waals surface area (Å²) in [5, 5.41) is 4.41. The average molecular weight is 425 g/mol. The first-order valence-electron chi connectivity index (χ1n) is 11.3. The van der Waals surface area contributed by atoms with Crippen molar-refractivity contribution in [2.45, 2.75) is 12.8 Å². The molecular formula is C27H28N4O. The predicted octanol–water partition coefficient (Wildman–Crippen LogP) is 5.44. The lowest BCUT2D eigenvalue weighted by atomic mass is 9.99. The third kappa shape index (κ3) is 4.43. The normalized spacial score (nSPS) is 14.4. The van der Waals surface area contributed by atoms with Crippen LogP contribution in [0.2, 0.25) is 0 Å². The number of hydrogen-bond acceptors (Lipinski definition) is 5. The molecule has 0 amide bonds. The van der Waals surface area contributed by atoms with Crippen molar-refractivity contribution in [3.05, 3.63) is 79.1 Å². The molecule has 0 saturated carbocycles. The maximum atomic E-state index is 6.09. The topological polar surface area (TPSA) is 50.3 Å². The Balaban J connectivity index is 1.35. The van der Waals surface area contributed by atoms with E-state index in [1.165, 1.54) is 24.0 Å². The van der Waals surface area contributed by atoms with Gasteiger partial charge in [-0.05, 0) is 67.2 Å². The highest BCUT2D eigenvalue weighted by Gasteiger charge is 2.15. The molecule has 1 saturated heterocycles. The molecule has 0 bridgehead atoms. The van der Waals surface area contributed by atoms with E-state index in [1.54, 1.807) is 6.33 Å². The summed E-state index contributed by atoms with van der Waals surface area (Å²) in [6, 6.07) is 25.1. The number of fused-ring (bicyclic) bond motifs is 1. The van der Waals surface area contributed by atoms with Crippen molar-refractivity contribution in [2.75, 3.05) is 31.6 Å². The quantitative estimate of drug-likeness (QED) is 0.446. The van der Waals surface area contributed by atoms with E-state index in [2.05, 4.69) is 74.8 Å². The molecule has 0 unspecified atom stereocenters. The lowest BCUT2D eigenvalue weighted by Gasteiger charge is -2.23. The number of rotatable bonds is 6. The number of nitrogens with zero attached hydrogens (tertiary/aromatic N) is 3. The second-order valence-corrected chi connectivity index (χ2v) is 8.35. The Morgan fingerprint density at radius 3 is 2.44 bits per heavy atom. The van der Waals surface area contributed by atoms with Crippen LogP contribution in [0, 0.1) is 5.92 Å². The molecule has 4 aromatic rings. The number of ether oxygens (including phenoxy) is 1. The maximum Gasteiger partial charge on any atom is 0.144 e. The van der Waals surface area contributed by atoms with Crippen LogP contribution in [0.4, 0.5) is 11.5 Å². The molecule has 1 aromatic heterocycles. The van der Waals surface area contributed by atoms with Gasteiger partial charge in [0.05, 0.1) is 12.1 Å². The third-order valence-corrected chi connectivity index (χ3v) is 6.21. The van der Waals surface area contributed by atoms with Gasteiger partial charge in [0.15, 0.2) is 0 Å². The van der Waals surface area contributed by atoms with Crippen LogP contribution in [-0.4, -0.2) is 36.7 Å². The van der Waals surface area contributed by atoms with Gasteiger partial charge in [0.25, 0.3) is 0 Å². The molecule has 5 nitrogen and oxygen atoms in total. The number of piperidine rings is 1. The minimum absolute atomic E-state index is 0.623. The fourth-order valence-electron chi connectivity index (χ4n) is 4.27. The van der Waals surface area contributed by atoms with Crippen LogP contribution in [0.25, 0.3) is 22.0 Å². The minimum atomic E-state index is 0.623. The summed E-state index contributed by atoms with van der Waals surface area (Å²) >= 11 is 0. The first-order chi connectivity index (χ1) is 15.8. The van der Waals surface area contributed by atoms with Gasteiger partial charge in [-0.1, -0.05) is 42.5 Å².